The minimum Gasteiger partial charge on any atom is -0.500 e. The molecule has 0 amide bonds. The summed E-state index contributed by atoms with van der Waals surface area (Å²) in [6.45, 7) is 4.82. The molecule has 1 aromatic rings. The van der Waals surface area contributed by atoms with E-state index in [9.17, 15) is 0 Å². The van der Waals surface area contributed by atoms with Crippen LogP contribution in [-0.4, -0.2) is 13.2 Å². The molecule has 0 aliphatic rings. The molecule has 0 aliphatic heterocycles. The third-order valence-electron chi connectivity index (χ3n) is 1.51. The van der Waals surface area contributed by atoms with Gasteiger partial charge in [-0.1, -0.05) is 18.2 Å². The molecule has 0 saturated carbocycles. The first-order chi connectivity index (χ1) is 6.33. The molecule has 0 aromatic heterocycles. The van der Waals surface area contributed by atoms with Crippen molar-refractivity contribution in [2.45, 2.75) is 0 Å². The van der Waals surface area contributed by atoms with Gasteiger partial charge in [-0.15, -0.1) is 0 Å². The predicted octanol–water partition coefficient (Wildman–Crippen LogP) is 2.91. The number of anilines is 1. The fraction of sp³-hybridized carbons (Fsp3) is 0.200. The summed E-state index contributed by atoms with van der Waals surface area (Å²) in [7, 11) is 0. The summed E-state index contributed by atoms with van der Waals surface area (Å²) < 4.78 is 4.95. The average Bonchev–Trinajstić information content (AvgIpc) is 2.15. The lowest BCUT2D eigenvalue weighted by molar-refractivity contribution is 0.264. The third kappa shape index (κ3) is 3.85. The summed E-state index contributed by atoms with van der Waals surface area (Å²) in [4.78, 5) is 0. The smallest absolute Gasteiger partial charge is 0.104 e. The largest absolute Gasteiger partial charge is 0.500 e. The van der Waals surface area contributed by atoms with E-state index in [2.05, 4.69) is 11.9 Å². The Labute approximate surface area is 83.2 Å². The molecule has 0 fully saturated rings. The van der Waals surface area contributed by atoms with E-state index in [0.717, 1.165) is 17.3 Å². The van der Waals surface area contributed by atoms with Gasteiger partial charge in [0.2, 0.25) is 0 Å². The maximum absolute atomic E-state index is 5.73. The second-order valence-corrected chi connectivity index (χ2v) is 2.91. The number of hydrogen-bond acceptors (Lipinski definition) is 2. The van der Waals surface area contributed by atoms with Crippen LogP contribution in [0.15, 0.2) is 37.1 Å². The molecule has 0 heterocycles. The van der Waals surface area contributed by atoms with E-state index in [0.29, 0.717) is 6.61 Å². The van der Waals surface area contributed by atoms with Crippen molar-refractivity contribution in [2.24, 2.45) is 0 Å². The van der Waals surface area contributed by atoms with Gasteiger partial charge in [-0.05, 0) is 24.3 Å². The molecule has 70 valence electrons. The van der Waals surface area contributed by atoms with Gasteiger partial charge in [0, 0.05) is 17.3 Å². The van der Waals surface area contributed by atoms with Crippen molar-refractivity contribution in [1.29, 1.82) is 0 Å². The van der Waals surface area contributed by atoms with Gasteiger partial charge in [0.25, 0.3) is 0 Å². The van der Waals surface area contributed by atoms with Gasteiger partial charge in [-0.3, -0.25) is 0 Å². The Kier molecular flexibility index (Phi) is 4.19. The molecule has 2 nitrogen and oxygen atoms in total. The molecular weight excluding hydrogens is 186 g/mol. The van der Waals surface area contributed by atoms with Crippen molar-refractivity contribution >= 4 is 17.3 Å². The SMILES string of the molecule is C=COCCNc1ccc(Cl)cc1. The molecule has 0 radical (unpaired) electrons. The standard InChI is InChI=1S/C10H12ClNO/c1-2-13-8-7-12-10-5-3-9(11)4-6-10/h2-6,12H,1,7-8H2. The van der Waals surface area contributed by atoms with Crippen LogP contribution in [0.3, 0.4) is 0 Å². The number of benzene rings is 1. The molecule has 1 aromatic carbocycles. The monoisotopic (exact) mass is 197 g/mol. The molecular formula is C10H12ClNO. The Balaban J connectivity index is 2.28. The number of nitrogens with one attached hydrogen (secondary N) is 1. The Hall–Kier alpha value is -1.15. The molecule has 3 heteroatoms. The summed E-state index contributed by atoms with van der Waals surface area (Å²) in [5.41, 5.74) is 1.04. The predicted molar refractivity (Wildman–Crippen MR) is 56.1 cm³/mol. The van der Waals surface area contributed by atoms with Crippen LogP contribution in [0.5, 0.6) is 0 Å². The summed E-state index contributed by atoms with van der Waals surface area (Å²) in [5, 5.41) is 3.92. The van der Waals surface area contributed by atoms with Gasteiger partial charge in [0.05, 0.1) is 6.26 Å². The number of ether oxygens (including phenoxy) is 1. The van der Waals surface area contributed by atoms with Crippen LogP contribution >= 0.6 is 11.6 Å². The zero-order chi connectivity index (χ0) is 9.52. The first-order valence-electron chi connectivity index (χ1n) is 4.05. The molecule has 0 atom stereocenters. The van der Waals surface area contributed by atoms with E-state index in [1.165, 1.54) is 6.26 Å². The molecule has 0 aliphatic carbocycles. The van der Waals surface area contributed by atoms with E-state index in [1.807, 2.05) is 24.3 Å². The highest BCUT2D eigenvalue weighted by Gasteiger charge is 1.90. The quantitative estimate of drug-likeness (QED) is 0.579. The van der Waals surface area contributed by atoms with Crippen molar-refractivity contribution in [3.05, 3.63) is 42.1 Å². The molecule has 0 bridgehead atoms. The van der Waals surface area contributed by atoms with Gasteiger partial charge < -0.3 is 10.1 Å². The van der Waals surface area contributed by atoms with Crippen LogP contribution in [0.1, 0.15) is 0 Å². The lowest BCUT2D eigenvalue weighted by Crippen LogP contribution is -2.06. The van der Waals surface area contributed by atoms with Crippen LogP contribution < -0.4 is 5.32 Å². The summed E-state index contributed by atoms with van der Waals surface area (Å²) in [5.74, 6) is 0. The average molecular weight is 198 g/mol. The molecule has 1 rings (SSSR count). The Morgan fingerprint density at radius 3 is 2.69 bits per heavy atom. The van der Waals surface area contributed by atoms with E-state index in [-0.39, 0.29) is 0 Å². The number of hydrogen-bond donors (Lipinski definition) is 1. The highest BCUT2D eigenvalue weighted by Crippen LogP contribution is 2.12. The van der Waals surface area contributed by atoms with Crippen molar-refractivity contribution in [1.82, 2.24) is 0 Å². The van der Waals surface area contributed by atoms with E-state index in [4.69, 9.17) is 16.3 Å². The van der Waals surface area contributed by atoms with Gasteiger partial charge in [-0.25, -0.2) is 0 Å². The lowest BCUT2D eigenvalue weighted by atomic mass is 10.3. The van der Waals surface area contributed by atoms with Crippen molar-refractivity contribution in [3.63, 3.8) is 0 Å². The first kappa shape index (κ1) is 9.93. The molecule has 0 saturated heterocycles. The summed E-state index contributed by atoms with van der Waals surface area (Å²) in [6, 6.07) is 7.54. The minimum atomic E-state index is 0.617. The summed E-state index contributed by atoms with van der Waals surface area (Å²) in [6.07, 6.45) is 1.43. The van der Waals surface area contributed by atoms with Crippen LogP contribution in [0.2, 0.25) is 5.02 Å². The van der Waals surface area contributed by atoms with Gasteiger partial charge >= 0.3 is 0 Å². The normalized spacial score (nSPS) is 9.31. The van der Waals surface area contributed by atoms with E-state index in [1.54, 1.807) is 0 Å². The Bertz CT molecular complexity index is 258. The highest BCUT2D eigenvalue weighted by atomic mass is 35.5. The first-order valence-corrected chi connectivity index (χ1v) is 4.42. The van der Waals surface area contributed by atoms with E-state index < -0.39 is 0 Å². The number of halogens is 1. The highest BCUT2D eigenvalue weighted by molar-refractivity contribution is 6.30. The van der Waals surface area contributed by atoms with E-state index >= 15 is 0 Å². The third-order valence-corrected chi connectivity index (χ3v) is 1.76. The van der Waals surface area contributed by atoms with Crippen LogP contribution in [0, 0.1) is 0 Å². The fourth-order valence-corrected chi connectivity index (χ4v) is 1.03. The molecule has 0 unspecified atom stereocenters. The fourth-order valence-electron chi connectivity index (χ4n) is 0.905. The molecule has 1 N–H and O–H groups in total. The van der Waals surface area contributed by atoms with Gasteiger partial charge in [-0.2, -0.15) is 0 Å². The Morgan fingerprint density at radius 1 is 1.38 bits per heavy atom. The second kappa shape index (κ2) is 5.49. The summed E-state index contributed by atoms with van der Waals surface area (Å²) >= 11 is 5.73. The van der Waals surface area contributed by atoms with Crippen LogP contribution in [0.25, 0.3) is 0 Å². The number of rotatable bonds is 5. The van der Waals surface area contributed by atoms with Gasteiger partial charge in [0.1, 0.15) is 6.61 Å². The van der Waals surface area contributed by atoms with Gasteiger partial charge in [0.15, 0.2) is 0 Å². The molecule has 0 spiro atoms. The minimum absolute atomic E-state index is 0.617. The van der Waals surface area contributed by atoms with Crippen molar-refractivity contribution in [2.75, 3.05) is 18.5 Å². The maximum Gasteiger partial charge on any atom is 0.104 e. The second-order valence-electron chi connectivity index (χ2n) is 2.47. The zero-order valence-corrected chi connectivity index (χ0v) is 8.05. The molecule has 13 heavy (non-hydrogen) atoms. The maximum atomic E-state index is 5.73. The van der Waals surface area contributed by atoms with Crippen molar-refractivity contribution < 1.29 is 4.74 Å². The van der Waals surface area contributed by atoms with Crippen LogP contribution in [0.4, 0.5) is 5.69 Å². The lowest BCUT2D eigenvalue weighted by Gasteiger charge is -2.05. The van der Waals surface area contributed by atoms with Crippen LogP contribution in [-0.2, 0) is 4.74 Å². The Morgan fingerprint density at radius 2 is 2.08 bits per heavy atom. The van der Waals surface area contributed by atoms with Crippen molar-refractivity contribution in [3.8, 4) is 0 Å². The topological polar surface area (TPSA) is 21.3 Å². The zero-order valence-electron chi connectivity index (χ0n) is 7.29.